The lowest BCUT2D eigenvalue weighted by Gasteiger charge is -2.15. The van der Waals surface area contributed by atoms with Crippen molar-refractivity contribution >= 4 is 17.3 Å². The molecule has 4 N–H and O–H groups in total. The summed E-state index contributed by atoms with van der Waals surface area (Å²) in [6.07, 6.45) is 3.08. The Labute approximate surface area is 134 Å². The zero-order valence-electron chi connectivity index (χ0n) is 12.5. The molecule has 0 fully saturated rings. The molecule has 2 aromatic rings. The highest BCUT2D eigenvalue weighted by molar-refractivity contribution is 6.31. The molecule has 6 nitrogen and oxygen atoms in total. The van der Waals surface area contributed by atoms with Crippen LogP contribution < -0.4 is 21.3 Å². The smallest absolute Gasteiger partial charge is 0.317 e. The molecule has 0 bridgehead atoms. The number of anilines is 1. The molecule has 116 valence electrons. The highest BCUT2D eigenvalue weighted by atomic mass is 35.5. The molecule has 0 atom stereocenters. The first-order chi connectivity index (χ1) is 10.5. The van der Waals surface area contributed by atoms with Crippen molar-refractivity contribution in [1.82, 2.24) is 9.97 Å². The fourth-order valence-corrected chi connectivity index (χ4v) is 1.82. The Hall–Kier alpha value is -2.31. The Balaban J connectivity index is 1.98. The molecule has 1 aromatic carbocycles. The van der Waals surface area contributed by atoms with Gasteiger partial charge in [0.25, 0.3) is 0 Å². The largest absolute Gasteiger partial charge is 0.457 e. The predicted octanol–water partition coefficient (Wildman–Crippen LogP) is 2.31. The SMILES string of the molecule is Cc1cccc(N(N)/C=C(\N)COc2ncc(Cl)c(C)n2)c1. The second-order valence-electron chi connectivity index (χ2n) is 4.82. The number of hydrazine groups is 1. The van der Waals surface area contributed by atoms with Gasteiger partial charge < -0.3 is 10.5 Å². The Kier molecular flexibility index (Phi) is 5.19. The van der Waals surface area contributed by atoms with Crippen LogP contribution in [0, 0.1) is 13.8 Å². The quantitative estimate of drug-likeness (QED) is 0.649. The van der Waals surface area contributed by atoms with E-state index in [4.69, 9.17) is 27.9 Å². The molecule has 0 saturated heterocycles. The molecule has 0 aliphatic heterocycles. The lowest BCUT2D eigenvalue weighted by molar-refractivity contribution is 0.320. The van der Waals surface area contributed by atoms with Crippen LogP contribution in [0.4, 0.5) is 5.69 Å². The van der Waals surface area contributed by atoms with E-state index in [0.29, 0.717) is 16.4 Å². The van der Waals surface area contributed by atoms with E-state index in [2.05, 4.69) is 9.97 Å². The van der Waals surface area contributed by atoms with Crippen molar-refractivity contribution in [2.24, 2.45) is 11.6 Å². The fourth-order valence-electron chi connectivity index (χ4n) is 1.73. The Bertz CT molecular complexity index is 689. The van der Waals surface area contributed by atoms with Crippen molar-refractivity contribution in [1.29, 1.82) is 0 Å². The first-order valence-electron chi connectivity index (χ1n) is 6.64. The van der Waals surface area contributed by atoms with E-state index >= 15 is 0 Å². The highest BCUT2D eigenvalue weighted by Crippen LogP contribution is 2.15. The lowest BCUT2D eigenvalue weighted by Crippen LogP contribution is -2.27. The van der Waals surface area contributed by atoms with Crippen LogP contribution in [-0.4, -0.2) is 16.6 Å². The second-order valence-corrected chi connectivity index (χ2v) is 5.23. The molecular formula is C15H18ClN5O. The summed E-state index contributed by atoms with van der Waals surface area (Å²) in [5, 5.41) is 1.93. The van der Waals surface area contributed by atoms with Crippen LogP contribution in [0.1, 0.15) is 11.3 Å². The average molecular weight is 320 g/mol. The van der Waals surface area contributed by atoms with Gasteiger partial charge in [0.05, 0.1) is 28.3 Å². The molecule has 2 rings (SSSR count). The van der Waals surface area contributed by atoms with Crippen LogP contribution in [0.15, 0.2) is 42.4 Å². The Morgan fingerprint density at radius 1 is 1.41 bits per heavy atom. The lowest BCUT2D eigenvalue weighted by atomic mass is 10.2. The average Bonchev–Trinajstić information content (AvgIpc) is 2.48. The van der Waals surface area contributed by atoms with E-state index < -0.39 is 0 Å². The van der Waals surface area contributed by atoms with E-state index in [1.165, 1.54) is 11.2 Å². The van der Waals surface area contributed by atoms with Gasteiger partial charge in [-0.25, -0.2) is 10.8 Å². The molecule has 1 heterocycles. The summed E-state index contributed by atoms with van der Waals surface area (Å²) in [6, 6.07) is 7.99. The maximum atomic E-state index is 5.95. The third-order valence-electron chi connectivity index (χ3n) is 2.87. The maximum Gasteiger partial charge on any atom is 0.317 e. The fraction of sp³-hybridized carbons (Fsp3) is 0.200. The van der Waals surface area contributed by atoms with Crippen LogP contribution in [-0.2, 0) is 0 Å². The van der Waals surface area contributed by atoms with Crippen molar-refractivity contribution in [2.45, 2.75) is 13.8 Å². The van der Waals surface area contributed by atoms with E-state index in [1.807, 2.05) is 31.2 Å². The van der Waals surface area contributed by atoms with Gasteiger partial charge in [-0.15, -0.1) is 0 Å². The number of nitrogens with two attached hydrogens (primary N) is 2. The van der Waals surface area contributed by atoms with Crippen LogP contribution in [0.5, 0.6) is 6.01 Å². The summed E-state index contributed by atoms with van der Waals surface area (Å²) in [4.78, 5) is 8.07. The number of hydrogen-bond donors (Lipinski definition) is 2. The minimum atomic E-state index is 0.126. The van der Waals surface area contributed by atoms with Gasteiger partial charge in [-0.2, -0.15) is 4.98 Å². The number of nitrogens with zero attached hydrogens (tertiary/aromatic N) is 3. The van der Waals surface area contributed by atoms with E-state index in [9.17, 15) is 0 Å². The number of halogens is 1. The molecule has 0 aliphatic carbocycles. The molecule has 0 spiro atoms. The molecule has 7 heteroatoms. The number of aryl methyl sites for hydroxylation is 2. The Morgan fingerprint density at radius 2 is 2.18 bits per heavy atom. The monoisotopic (exact) mass is 319 g/mol. The summed E-state index contributed by atoms with van der Waals surface area (Å²) < 4.78 is 5.41. The van der Waals surface area contributed by atoms with Gasteiger partial charge in [0.15, 0.2) is 0 Å². The van der Waals surface area contributed by atoms with Crippen molar-refractivity contribution in [3.05, 3.63) is 58.6 Å². The zero-order valence-corrected chi connectivity index (χ0v) is 13.2. The first kappa shape index (κ1) is 16.1. The van der Waals surface area contributed by atoms with Gasteiger partial charge in [-0.3, -0.25) is 5.01 Å². The number of hydrogen-bond acceptors (Lipinski definition) is 6. The third-order valence-corrected chi connectivity index (χ3v) is 3.24. The predicted molar refractivity (Wildman–Crippen MR) is 87.4 cm³/mol. The molecule has 0 saturated carbocycles. The minimum Gasteiger partial charge on any atom is -0.457 e. The molecule has 0 radical (unpaired) electrons. The summed E-state index contributed by atoms with van der Waals surface area (Å²) in [5.74, 6) is 5.95. The topological polar surface area (TPSA) is 90.3 Å². The summed E-state index contributed by atoms with van der Waals surface area (Å²) >= 11 is 5.85. The summed E-state index contributed by atoms with van der Waals surface area (Å²) in [6.45, 7) is 3.89. The molecule has 0 aliphatic rings. The first-order valence-corrected chi connectivity index (χ1v) is 7.02. The van der Waals surface area contributed by atoms with Crippen LogP contribution in [0.25, 0.3) is 0 Å². The third kappa shape index (κ3) is 4.34. The van der Waals surface area contributed by atoms with Gasteiger partial charge in [0, 0.05) is 6.20 Å². The molecule has 1 aromatic heterocycles. The minimum absolute atomic E-state index is 0.126. The molecule has 22 heavy (non-hydrogen) atoms. The highest BCUT2D eigenvalue weighted by Gasteiger charge is 2.04. The molecule has 0 amide bonds. The van der Waals surface area contributed by atoms with E-state index in [-0.39, 0.29) is 12.6 Å². The van der Waals surface area contributed by atoms with Crippen LogP contribution in [0.2, 0.25) is 5.02 Å². The number of ether oxygens (including phenoxy) is 1. The van der Waals surface area contributed by atoms with Crippen LogP contribution in [0.3, 0.4) is 0 Å². The van der Waals surface area contributed by atoms with Crippen molar-refractivity contribution < 1.29 is 4.74 Å². The summed E-state index contributed by atoms with van der Waals surface area (Å²) in [7, 11) is 0. The number of aromatic nitrogens is 2. The maximum absolute atomic E-state index is 5.95. The van der Waals surface area contributed by atoms with E-state index in [0.717, 1.165) is 11.3 Å². The molecule has 0 unspecified atom stereocenters. The Morgan fingerprint density at radius 3 is 2.86 bits per heavy atom. The van der Waals surface area contributed by atoms with E-state index in [1.54, 1.807) is 13.1 Å². The van der Waals surface area contributed by atoms with Crippen molar-refractivity contribution in [2.75, 3.05) is 11.6 Å². The molecular weight excluding hydrogens is 302 g/mol. The van der Waals surface area contributed by atoms with Gasteiger partial charge in [0.1, 0.15) is 6.61 Å². The van der Waals surface area contributed by atoms with Crippen LogP contribution >= 0.6 is 11.6 Å². The van der Waals surface area contributed by atoms with Gasteiger partial charge in [0.2, 0.25) is 0 Å². The van der Waals surface area contributed by atoms with Gasteiger partial charge >= 0.3 is 6.01 Å². The van der Waals surface area contributed by atoms with Crippen molar-refractivity contribution in [3.63, 3.8) is 0 Å². The second kappa shape index (κ2) is 7.11. The standard InChI is InChI=1S/C15H18ClN5O/c1-10-4-3-5-13(6-10)21(18)8-12(17)9-22-15-19-7-14(16)11(2)20-15/h3-8H,9,17-18H2,1-2H3/b12-8-. The van der Waals surface area contributed by atoms with Crippen molar-refractivity contribution in [3.8, 4) is 6.01 Å². The zero-order chi connectivity index (χ0) is 16.1. The van der Waals surface area contributed by atoms with Gasteiger partial charge in [-0.05, 0) is 31.5 Å². The number of benzene rings is 1. The normalized spacial score (nSPS) is 11.4. The number of rotatable bonds is 5. The summed E-state index contributed by atoms with van der Waals surface area (Å²) in [5.41, 5.74) is 8.94. The van der Waals surface area contributed by atoms with Gasteiger partial charge in [-0.1, -0.05) is 23.7 Å².